The quantitative estimate of drug-likeness (QED) is 0.0432. The highest BCUT2D eigenvalue weighted by molar-refractivity contribution is 6.00. The van der Waals surface area contributed by atoms with Crippen LogP contribution in [0.4, 0.5) is 56.6 Å². The van der Waals surface area contributed by atoms with E-state index < -0.39 is 150 Å². The number of anilines is 3. The lowest BCUT2D eigenvalue weighted by Gasteiger charge is -2.35. The van der Waals surface area contributed by atoms with E-state index in [0.717, 1.165) is 67.3 Å². The average molecular weight is 1810 g/mol. The number of ether oxygens (including phenoxy) is 6. The minimum atomic E-state index is -4.80. The van der Waals surface area contributed by atoms with Crippen LogP contribution in [-0.2, 0) is 120 Å². The van der Waals surface area contributed by atoms with Crippen molar-refractivity contribution < 1.29 is 96.7 Å². The Hall–Kier alpha value is -12.7. The molecular formula is C93H100F9N11O17. The van der Waals surface area contributed by atoms with Gasteiger partial charge in [-0.1, -0.05) is 37.3 Å². The Labute approximate surface area is 740 Å². The molecule has 3 aromatic heterocycles. The van der Waals surface area contributed by atoms with Crippen molar-refractivity contribution in [2.24, 2.45) is 35.2 Å². The van der Waals surface area contributed by atoms with Gasteiger partial charge in [-0.3, -0.25) is 52.3 Å². The van der Waals surface area contributed by atoms with Crippen LogP contribution in [0.2, 0.25) is 0 Å². The molecule has 130 heavy (non-hydrogen) atoms. The lowest BCUT2D eigenvalue weighted by molar-refractivity contribution is -0.137. The number of benzene rings is 6. The molecule has 692 valence electrons. The summed E-state index contributed by atoms with van der Waals surface area (Å²) in [6.45, 7) is 19.3. The number of pyridine rings is 1. The lowest BCUT2D eigenvalue weighted by Crippen LogP contribution is -2.44. The lowest BCUT2D eigenvalue weighted by atomic mass is 9.89. The monoisotopic (exact) mass is 1810 g/mol. The maximum Gasteiger partial charge on any atom is 0.417 e. The average Bonchev–Trinajstić information content (AvgIpc) is 1.30. The first kappa shape index (κ1) is 96.3. The molecule has 2 saturated heterocycles. The molecule has 0 aliphatic carbocycles. The molecule has 8 heterocycles. The number of aromatic nitrogens is 5. The molecule has 0 bridgehead atoms. The van der Waals surface area contributed by atoms with Gasteiger partial charge in [0.2, 0.25) is 0 Å². The van der Waals surface area contributed by atoms with Crippen LogP contribution in [0.1, 0.15) is 148 Å². The fourth-order valence-corrected chi connectivity index (χ4v) is 16.5. The van der Waals surface area contributed by atoms with Gasteiger partial charge in [0.25, 0.3) is 34.4 Å². The second-order valence-electron chi connectivity index (χ2n) is 32.9. The predicted octanol–water partition coefficient (Wildman–Crippen LogP) is 10.6. The van der Waals surface area contributed by atoms with Crippen molar-refractivity contribution in [3.05, 3.63) is 244 Å². The molecule has 3 amide bonds. The highest BCUT2D eigenvalue weighted by Crippen LogP contribution is 2.45. The van der Waals surface area contributed by atoms with Crippen molar-refractivity contribution >= 4 is 52.1 Å². The van der Waals surface area contributed by atoms with E-state index in [0.29, 0.717) is 113 Å². The minimum Gasteiger partial charge on any atom is -0.486 e. The number of amides is 3. The molecule has 9 aromatic rings. The van der Waals surface area contributed by atoms with Crippen LogP contribution in [0, 0.1) is 55.7 Å². The van der Waals surface area contributed by atoms with Crippen molar-refractivity contribution in [2.75, 3.05) is 67.8 Å². The van der Waals surface area contributed by atoms with Crippen LogP contribution in [0.15, 0.2) is 103 Å². The molecule has 4 N–H and O–H groups in total. The molecule has 5 aliphatic rings. The number of aryl methyl sites for hydroxylation is 1. The van der Waals surface area contributed by atoms with Crippen molar-refractivity contribution in [3.63, 3.8) is 0 Å². The number of halogens is 9. The van der Waals surface area contributed by atoms with Crippen molar-refractivity contribution in [1.29, 1.82) is 0 Å². The number of rotatable bonds is 23. The predicted molar refractivity (Wildman–Crippen MR) is 464 cm³/mol. The number of morpholine rings is 2. The molecule has 14 rings (SSSR count). The summed E-state index contributed by atoms with van der Waals surface area (Å²) in [7, 11) is 7.33. The summed E-state index contributed by atoms with van der Waals surface area (Å²) < 4.78 is 172. The Bertz CT molecular complexity index is 6290. The highest BCUT2D eigenvalue weighted by atomic mass is 19.4. The molecular weight excluding hydrogens is 1710 g/mol. The highest BCUT2D eigenvalue weighted by Gasteiger charge is 2.40. The third kappa shape index (κ3) is 19.9. The van der Waals surface area contributed by atoms with Gasteiger partial charge in [0, 0.05) is 131 Å². The maximum atomic E-state index is 15.2. The Morgan fingerprint density at radius 3 is 1.19 bits per heavy atom. The first-order valence-electron chi connectivity index (χ1n) is 42.0. The Morgan fingerprint density at radius 2 is 0.800 bits per heavy atom. The van der Waals surface area contributed by atoms with Crippen LogP contribution in [-0.4, -0.2) is 147 Å². The van der Waals surface area contributed by atoms with E-state index >= 15 is 17.6 Å². The van der Waals surface area contributed by atoms with Crippen LogP contribution in [0.25, 0.3) is 33.4 Å². The van der Waals surface area contributed by atoms with Gasteiger partial charge in [0.05, 0.1) is 93.2 Å². The van der Waals surface area contributed by atoms with E-state index in [2.05, 4.69) is 21.3 Å². The largest absolute Gasteiger partial charge is 0.486 e. The SMILES string of the molecule is CC(=O)[C@H](Cc1ccc(-c2c(C)n(C)c(=O)n(C)c2=O)c2c1COC2)NC(=O)c1c(F)cc(N2CCOC[C@@H]2C)cc1F.CC(=O)[C@H](Cc1ccc(-c2c(C)n(C)c(=O)n(C)c2=O)c2c1OCCO2)NC(=O)c1c(F)cc(N2CCOC[C@@H]2C)cc1F.CC[C@H](C)Nc1cc(F)c(C(=O)N[C@@H](Cc2ccc(-c3c(C(F)(F)F)cc(C)n(C)c3=O)c3c2COC3)C(C)=O)c(F)c1. The summed E-state index contributed by atoms with van der Waals surface area (Å²) in [6, 6.07) is 13.3. The van der Waals surface area contributed by atoms with Crippen LogP contribution < -0.4 is 68.6 Å². The van der Waals surface area contributed by atoms with Gasteiger partial charge in [-0.25, -0.2) is 35.9 Å². The molecule has 0 unspecified atom stereocenters. The Kier molecular flexibility index (Phi) is 29.4. The molecule has 0 spiro atoms. The first-order chi connectivity index (χ1) is 61.4. The second kappa shape index (κ2) is 39.7. The van der Waals surface area contributed by atoms with Gasteiger partial charge < -0.3 is 73.2 Å². The summed E-state index contributed by atoms with van der Waals surface area (Å²) in [4.78, 5) is 145. The summed E-state index contributed by atoms with van der Waals surface area (Å²) in [6.07, 6.45) is -4.25. The Morgan fingerprint density at radius 1 is 0.446 bits per heavy atom. The normalized spacial score (nSPS) is 16.1. The summed E-state index contributed by atoms with van der Waals surface area (Å²) in [5.74, 6) is -10.4. The van der Waals surface area contributed by atoms with Gasteiger partial charge in [0.15, 0.2) is 28.8 Å². The topological polar surface area (TPSA) is 322 Å². The summed E-state index contributed by atoms with van der Waals surface area (Å²) >= 11 is 0. The molecule has 6 atom stereocenters. The number of fused-ring (bicyclic) bond motifs is 3. The van der Waals surface area contributed by atoms with Gasteiger partial charge in [-0.15, -0.1) is 0 Å². The van der Waals surface area contributed by atoms with Gasteiger partial charge in [-0.2, -0.15) is 13.2 Å². The number of Topliss-reactive ketones (excluding diaryl/α,β-unsaturated/α-hetero) is 3. The molecule has 0 saturated carbocycles. The minimum absolute atomic E-state index is 0.00148. The summed E-state index contributed by atoms with van der Waals surface area (Å²) in [5.41, 5.74) is 0.846. The standard InChI is InChI=1S/C31H32F5N3O4.C31H34F2N4O7.C31H34F2N4O6/c1-6-15(2)37-19-11-24(32)28(25(33)12-19)29(41)38-26(17(4)40)10-18-7-8-20(22-14-43-13-21(18)22)27-23(31(34,35)36)9-16(3)39(5)30(27)42;1-16-15-42-9-8-37(16)20-13-22(32)26(23(33)14-20)29(39)34-24(18(3)38)12-19-6-7-21(28-27(19)43-10-11-44-28)25-17(2)35(4)31(41)36(5)30(25)40;1-16-13-42-9-8-37(16)20-11-24(32)28(25(33)12-20)29(39)34-26(18(3)38)10-19-6-7-21(23-15-43-14-22(19)23)27-17(2)35(4)31(41)36(5)30(27)40/h7-9,11-12,15,26,37H,6,10,13-14H2,1-5H3,(H,38,41);6-7,13-14,16,24H,8-12,15H2,1-5H3,(H,34,39);6-7,11-12,16,26H,8-10,13-15H2,1-5H3,(H,34,39)/t15-,26-;16-,24-;16-,26-/m000/s1. The van der Waals surface area contributed by atoms with E-state index in [1.54, 1.807) is 57.1 Å². The zero-order chi connectivity index (χ0) is 94.8. The fourth-order valence-electron chi connectivity index (χ4n) is 16.5. The van der Waals surface area contributed by atoms with Crippen LogP contribution in [0.3, 0.4) is 0 Å². The third-order valence-electron chi connectivity index (χ3n) is 24.4. The number of nitrogens with zero attached hydrogens (tertiary/aromatic N) is 7. The molecule has 6 aromatic carbocycles. The fraction of sp³-hybridized carbons (Fsp3) is 0.409. The zero-order valence-electron chi connectivity index (χ0n) is 74.3. The van der Waals surface area contributed by atoms with Crippen molar-refractivity contribution in [3.8, 4) is 44.9 Å². The molecule has 5 aliphatic heterocycles. The molecule has 37 heteroatoms. The van der Waals surface area contributed by atoms with E-state index in [1.807, 2.05) is 32.6 Å². The van der Waals surface area contributed by atoms with E-state index in [9.17, 15) is 74.7 Å². The number of nitrogens with one attached hydrogen (secondary N) is 4. The van der Waals surface area contributed by atoms with Gasteiger partial charge in [-0.05, 0) is 162 Å². The zero-order valence-corrected chi connectivity index (χ0v) is 74.3. The second-order valence-corrected chi connectivity index (χ2v) is 32.9. The van der Waals surface area contributed by atoms with E-state index in [1.165, 1.54) is 70.1 Å². The first-order valence-corrected chi connectivity index (χ1v) is 42.0. The number of ketones is 3. The van der Waals surface area contributed by atoms with Gasteiger partial charge >= 0.3 is 17.6 Å². The number of alkyl halides is 3. The van der Waals surface area contributed by atoms with Crippen molar-refractivity contribution in [2.45, 2.75) is 164 Å². The summed E-state index contributed by atoms with van der Waals surface area (Å²) in [5, 5.41) is 10.3. The van der Waals surface area contributed by atoms with Gasteiger partial charge in [0.1, 0.15) is 64.8 Å². The number of hydrogen-bond acceptors (Lipinski definition) is 20. The maximum absolute atomic E-state index is 15.2. The molecule has 0 radical (unpaired) electrons. The third-order valence-corrected chi connectivity index (χ3v) is 24.4. The molecule has 28 nitrogen and oxygen atoms in total. The Balaban J connectivity index is 0.000000176. The molecule has 2 fully saturated rings. The smallest absolute Gasteiger partial charge is 0.417 e. The van der Waals surface area contributed by atoms with E-state index in [4.69, 9.17) is 28.4 Å². The van der Waals surface area contributed by atoms with Crippen LogP contribution >= 0.6 is 0 Å². The van der Waals surface area contributed by atoms with Crippen LogP contribution in [0.5, 0.6) is 11.5 Å². The van der Waals surface area contributed by atoms with E-state index in [-0.39, 0.29) is 111 Å². The number of carbonyl (C=O) groups is 6. The number of carbonyl (C=O) groups excluding carboxylic acids is 6. The van der Waals surface area contributed by atoms with Crippen molar-refractivity contribution in [1.82, 2.24) is 38.8 Å². The number of hydrogen-bond donors (Lipinski definition) is 4.